The molecule has 4 nitrogen and oxygen atoms in total. The standard InChI is InChI=1S/C27H28N2O2/c1-27(2)29-25(26(31-27)21-9-5-3-6-10-21)18-17-24(30)19-20-13-15-23(16-14-20)28-22-11-7-4-8-12-22/h3-18,25-26,28-29H,19H2,1-2H3/b18-17+/t25-,26?/m1/s1. The largest absolute Gasteiger partial charge is 0.356 e. The van der Waals surface area contributed by atoms with Gasteiger partial charge in [-0.05, 0) is 55.3 Å². The number of nitrogens with one attached hydrogen (secondary N) is 2. The van der Waals surface area contributed by atoms with E-state index in [1.54, 1.807) is 6.08 Å². The zero-order chi connectivity index (χ0) is 21.7. The molecule has 1 aliphatic heterocycles. The van der Waals surface area contributed by atoms with E-state index in [0.29, 0.717) is 6.42 Å². The third kappa shape index (κ3) is 5.69. The van der Waals surface area contributed by atoms with Gasteiger partial charge in [0.1, 0.15) is 11.8 Å². The number of allylic oxidation sites excluding steroid dienone is 1. The maximum atomic E-state index is 12.6. The lowest BCUT2D eigenvalue weighted by Gasteiger charge is -2.18. The fourth-order valence-electron chi connectivity index (χ4n) is 3.83. The third-order valence-electron chi connectivity index (χ3n) is 5.27. The van der Waals surface area contributed by atoms with Gasteiger partial charge >= 0.3 is 0 Å². The number of anilines is 2. The Bertz CT molecular complexity index is 1030. The second-order valence-corrected chi connectivity index (χ2v) is 8.32. The van der Waals surface area contributed by atoms with Crippen molar-refractivity contribution in [1.29, 1.82) is 0 Å². The molecule has 3 aromatic carbocycles. The molecule has 1 heterocycles. The molecule has 1 saturated heterocycles. The second-order valence-electron chi connectivity index (χ2n) is 8.32. The Kier molecular flexibility index (Phi) is 6.31. The number of carbonyl (C=O) groups is 1. The molecule has 0 aromatic heterocycles. The lowest BCUT2D eigenvalue weighted by atomic mass is 10.0. The average molecular weight is 413 g/mol. The van der Waals surface area contributed by atoms with Gasteiger partial charge in [0.2, 0.25) is 0 Å². The molecule has 0 amide bonds. The topological polar surface area (TPSA) is 50.4 Å². The number of rotatable bonds is 7. The zero-order valence-corrected chi connectivity index (χ0v) is 17.9. The van der Waals surface area contributed by atoms with Gasteiger partial charge in [-0.15, -0.1) is 0 Å². The first-order chi connectivity index (χ1) is 15.0. The van der Waals surface area contributed by atoms with E-state index in [4.69, 9.17) is 4.74 Å². The minimum absolute atomic E-state index is 0.0567. The molecule has 0 radical (unpaired) electrons. The van der Waals surface area contributed by atoms with E-state index in [1.165, 1.54) is 0 Å². The van der Waals surface area contributed by atoms with E-state index in [0.717, 1.165) is 22.5 Å². The van der Waals surface area contributed by atoms with Crippen LogP contribution in [-0.4, -0.2) is 17.6 Å². The molecule has 1 unspecified atom stereocenters. The summed E-state index contributed by atoms with van der Waals surface area (Å²) in [4.78, 5) is 12.6. The fraction of sp³-hybridized carbons (Fsp3) is 0.222. The smallest absolute Gasteiger partial charge is 0.159 e. The number of ether oxygens (including phenoxy) is 1. The maximum absolute atomic E-state index is 12.6. The summed E-state index contributed by atoms with van der Waals surface area (Å²) in [7, 11) is 0. The van der Waals surface area contributed by atoms with Crippen molar-refractivity contribution < 1.29 is 9.53 Å². The van der Waals surface area contributed by atoms with Gasteiger partial charge in [0, 0.05) is 17.8 Å². The first-order valence-corrected chi connectivity index (χ1v) is 10.6. The van der Waals surface area contributed by atoms with E-state index < -0.39 is 5.72 Å². The Morgan fingerprint density at radius 1 is 0.935 bits per heavy atom. The highest BCUT2D eigenvalue weighted by Crippen LogP contribution is 2.33. The van der Waals surface area contributed by atoms with Crippen molar-refractivity contribution in [2.24, 2.45) is 0 Å². The van der Waals surface area contributed by atoms with Gasteiger partial charge in [0.25, 0.3) is 0 Å². The van der Waals surface area contributed by atoms with E-state index in [-0.39, 0.29) is 17.9 Å². The molecule has 3 aromatic rings. The monoisotopic (exact) mass is 412 g/mol. The fourth-order valence-corrected chi connectivity index (χ4v) is 3.83. The molecule has 1 fully saturated rings. The number of carbonyl (C=O) groups excluding carboxylic acids is 1. The molecule has 0 saturated carbocycles. The third-order valence-corrected chi connectivity index (χ3v) is 5.27. The summed E-state index contributed by atoms with van der Waals surface area (Å²) < 4.78 is 6.18. The van der Waals surface area contributed by atoms with Crippen LogP contribution < -0.4 is 10.6 Å². The van der Waals surface area contributed by atoms with Crippen molar-refractivity contribution in [3.63, 3.8) is 0 Å². The minimum Gasteiger partial charge on any atom is -0.356 e. The summed E-state index contributed by atoms with van der Waals surface area (Å²) in [5.41, 5.74) is 3.68. The maximum Gasteiger partial charge on any atom is 0.159 e. The van der Waals surface area contributed by atoms with E-state index >= 15 is 0 Å². The van der Waals surface area contributed by atoms with Crippen LogP contribution in [0.4, 0.5) is 11.4 Å². The minimum atomic E-state index is -0.444. The summed E-state index contributed by atoms with van der Waals surface area (Å²) in [5.74, 6) is 0.0714. The highest BCUT2D eigenvalue weighted by atomic mass is 16.5. The number of hydrogen-bond acceptors (Lipinski definition) is 4. The lowest BCUT2D eigenvalue weighted by molar-refractivity contribution is -0.114. The molecule has 4 rings (SSSR count). The molecule has 31 heavy (non-hydrogen) atoms. The molecule has 0 spiro atoms. The molecule has 0 aliphatic carbocycles. The summed E-state index contributed by atoms with van der Waals surface area (Å²) >= 11 is 0. The van der Waals surface area contributed by atoms with Crippen LogP contribution in [0.1, 0.15) is 31.1 Å². The molecular weight excluding hydrogens is 384 g/mol. The number of hydrogen-bond donors (Lipinski definition) is 2. The van der Waals surface area contributed by atoms with Gasteiger partial charge in [0.15, 0.2) is 5.78 Å². The quantitative estimate of drug-likeness (QED) is 0.499. The zero-order valence-electron chi connectivity index (χ0n) is 17.9. The first-order valence-electron chi connectivity index (χ1n) is 10.6. The van der Waals surface area contributed by atoms with Gasteiger partial charge < -0.3 is 10.1 Å². The summed E-state index contributed by atoms with van der Waals surface area (Å²) in [5, 5.41) is 6.81. The Balaban J connectivity index is 1.37. The van der Waals surface area contributed by atoms with Gasteiger partial charge in [-0.2, -0.15) is 0 Å². The van der Waals surface area contributed by atoms with E-state index in [2.05, 4.69) is 22.8 Å². The second kappa shape index (κ2) is 9.29. The molecule has 2 N–H and O–H groups in total. The Morgan fingerprint density at radius 2 is 1.55 bits per heavy atom. The van der Waals surface area contributed by atoms with E-state index in [9.17, 15) is 4.79 Å². The summed E-state index contributed by atoms with van der Waals surface area (Å²) in [6.45, 7) is 4.01. The van der Waals surface area contributed by atoms with Crippen LogP contribution >= 0.6 is 0 Å². The van der Waals surface area contributed by atoms with Crippen LogP contribution in [0.5, 0.6) is 0 Å². The highest BCUT2D eigenvalue weighted by Gasteiger charge is 2.38. The Labute approximate surface area is 184 Å². The van der Waals surface area contributed by atoms with Crippen LogP contribution in [-0.2, 0) is 16.0 Å². The van der Waals surface area contributed by atoms with Crippen molar-refractivity contribution in [3.8, 4) is 0 Å². The number of para-hydroxylation sites is 1. The molecular formula is C27H28N2O2. The predicted octanol–water partition coefficient (Wildman–Crippen LogP) is 5.56. The normalized spacial score (nSPS) is 20.1. The van der Waals surface area contributed by atoms with Crippen molar-refractivity contribution in [1.82, 2.24) is 5.32 Å². The molecule has 0 bridgehead atoms. The highest BCUT2D eigenvalue weighted by molar-refractivity contribution is 5.91. The average Bonchev–Trinajstić information content (AvgIpc) is 3.09. The Hall–Kier alpha value is -3.21. The lowest BCUT2D eigenvalue weighted by Crippen LogP contribution is -2.37. The first kappa shape index (κ1) is 21.0. The molecule has 1 aliphatic rings. The van der Waals surface area contributed by atoms with Gasteiger partial charge in [-0.25, -0.2) is 0 Å². The van der Waals surface area contributed by atoms with Crippen LogP contribution in [0.2, 0.25) is 0 Å². The van der Waals surface area contributed by atoms with Crippen LogP contribution in [0.15, 0.2) is 97.1 Å². The van der Waals surface area contributed by atoms with Crippen molar-refractivity contribution in [2.45, 2.75) is 38.1 Å². The van der Waals surface area contributed by atoms with Crippen molar-refractivity contribution >= 4 is 17.2 Å². The van der Waals surface area contributed by atoms with Crippen LogP contribution in [0.25, 0.3) is 0 Å². The Morgan fingerprint density at radius 3 is 2.23 bits per heavy atom. The summed E-state index contributed by atoms with van der Waals surface area (Å²) in [6, 6.07) is 28.1. The molecule has 4 heteroatoms. The van der Waals surface area contributed by atoms with Crippen molar-refractivity contribution in [3.05, 3.63) is 108 Å². The van der Waals surface area contributed by atoms with Crippen molar-refractivity contribution in [2.75, 3.05) is 5.32 Å². The SMILES string of the molecule is CC1(C)N[C@H](/C=C/C(=O)Cc2ccc(Nc3ccccc3)cc2)C(c2ccccc2)O1. The van der Waals surface area contributed by atoms with Gasteiger partial charge in [-0.3, -0.25) is 10.1 Å². The van der Waals surface area contributed by atoms with Gasteiger partial charge in [0.05, 0.1) is 6.04 Å². The number of ketones is 1. The van der Waals surface area contributed by atoms with Crippen LogP contribution in [0.3, 0.4) is 0 Å². The summed E-state index contributed by atoms with van der Waals surface area (Å²) in [6.07, 6.45) is 3.85. The van der Waals surface area contributed by atoms with Crippen LogP contribution in [0, 0.1) is 0 Å². The predicted molar refractivity (Wildman–Crippen MR) is 125 cm³/mol. The number of benzene rings is 3. The molecule has 158 valence electrons. The van der Waals surface area contributed by atoms with Gasteiger partial charge in [-0.1, -0.05) is 66.7 Å². The van der Waals surface area contributed by atoms with E-state index in [1.807, 2.05) is 92.7 Å². The molecule has 2 atom stereocenters.